The molecule has 1 fully saturated rings. The minimum atomic E-state index is -4.02. The first-order chi connectivity index (χ1) is 7.63. The Balaban J connectivity index is 2.56. The molecule has 1 heterocycles. The number of alkyl halides is 3. The van der Waals surface area contributed by atoms with Gasteiger partial charge in [0.1, 0.15) is 0 Å². The largest absolute Gasteiger partial charge is 0.393 e. The van der Waals surface area contributed by atoms with Gasteiger partial charge in [-0.2, -0.15) is 13.2 Å². The maximum atomic E-state index is 12.6. The highest BCUT2D eigenvalue weighted by Gasteiger charge is 2.44. The third kappa shape index (κ3) is 4.49. The van der Waals surface area contributed by atoms with E-state index in [-0.39, 0.29) is 18.4 Å². The molecule has 0 amide bonds. The lowest BCUT2D eigenvalue weighted by Gasteiger charge is -2.32. The van der Waals surface area contributed by atoms with Crippen molar-refractivity contribution in [2.75, 3.05) is 13.1 Å². The number of hydrogen-bond donors (Lipinski definition) is 0. The average molecular weight is 251 g/mol. The first kappa shape index (κ1) is 14.8. The summed E-state index contributed by atoms with van der Waals surface area (Å²) < 4.78 is 37.8. The zero-order chi connectivity index (χ0) is 13.3. The highest BCUT2D eigenvalue weighted by molar-refractivity contribution is 4.86. The molecule has 0 aromatic rings. The van der Waals surface area contributed by atoms with E-state index in [1.807, 2.05) is 4.90 Å². The van der Waals surface area contributed by atoms with Crippen molar-refractivity contribution in [2.45, 2.75) is 59.2 Å². The fraction of sp³-hybridized carbons (Fsp3) is 1.00. The molecular weight excluding hydrogens is 227 g/mol. The molecule has 2 atom stereocenters. The number of rotatable bonds is 3. The van der Waals surface area contributed by atoms with Crippen LogP contribution in [-0.4, -0.2) is 30.2 Å². The summed E-state index contributed by atoms with van der Waals surface area (Å²) in [5.41, 5.74) is 0.178. The summed E-state index contributed by atoms with van der Waals surface area (Å²) in [7, 11) is 0. The lowest BCUT2D eigenvalue weighted by Crippen LogP contribution is -2.37. The van der Waals surface area contributed by atoms with Gasteiger partial charge in [0.25, 0.3) is 0 Å². The normalized spacial score (nSPS) is 25.2. The third-order valence-corrected chi connectivity index (χ3v) is 3.52. The van der Waals surface area contributed by atoms with Crippen LogP contribution in [0.5, 0.6) is 0 Å². The van der Waals surface area contributed by atoms with Crippen LogP contribution in [0.4, 0.5) is 13.2 Å². The van der Waals surface area contributed by atoms with Crippen molar-refractivity contribution in [1.82, 2.24) is 4.90 Å². The molecule has 0 aromatic heterocycles. The summed E-state index contributed by atoms with van der Waals surface area (Å²) in [6.45, 7) is 9.29. The third-order valence-electron chi connectivity index (χ3n) is 3.52. The topological polar surface area (TPSA) is 3.24 Å². The Kier molecular flexibility index (Phi) is 4.50. The summed E-state index contributed by atoms with van der Waals surface area (Å²) in [6, 6.07) is 0.294. The molecule has 0 radical (unpaired) electrons. The maximum Gasteiger partial charge on any atom is 0.393 e. The Labute approximate surface area is 102 Å². The maximum absolute atomic E-state index is 12.6. The molecule has 0 aromatic carbocycles. The zero-order valence-corrected chi connectivity index (χ0v) is 11.3. The predicted molar refractivity (Wildman–Crippen MR) is 63.9 cm³/mol. The fourth-order valence-electron chi connectivity index (χ4n) is 2.62. The summed E-state index contributed by atoms with van der Waals surface area (Å²) in [4.78, 5) is 2.03. The van der Waals surface area contributed by atoms with Crippen molar-refractivity contribution < 1.29 is 13.2 Å². The number of nitrogens with zero attached hydrogens (tertiary/aromatic N) is 1. The summed E-state index contributed by atoms with van der Waals surface area (Å²) in [5.74, 6) is -1.11. The Morgan fingerprint density at radius 1 is 1.24 bits per heavy atom. The summed E-state index contributed by atoms with van der Waals surface area (Å²) in [6.07, 6.45) is -1.85. The van der Waals surface area contributed by atoms with E-state index in [2.05, 4.69) is 27.7 Å². The molecule has 2 unspecified atom stereocenters. The first-order valence-corrected chi connectivity index (χ1v) is 6.44. The van der Waals surface area contributed by atoms with Gasteiger partial charge >= 0.3 is 6.18 Å². The lowest BCUT2D eigenvalue weighted by atomic mass is 9.86. The molecule has 1 rings (SSSR count). The van der Waals surface area contributed by atoms with E-state index < -0.39 is 12.1 Å². The van der Waals surface area contributed by atoms with E-state index in [9.17, 15) is 13.2 Å². The zero-order valence-electron chi connectivity index (χ0n) is 11.3. The van der Waals surface area contributed by atoms with Gasteiger partial charge in [-0.05, 0) is 31.2 Å². The van der Waals surface area contributed by atoms with Crippen LogP contribution in [-0.2, 0) is 0 Å². The van der Waals surface area contributed by atoms with Crippen LogP contribution in [0.15, 0.2) is 0 Å². The molecule has 4 heteroatoms. The molecule has 102 valence electrons. The van der Waals surface area contributed by atoms with Crippen molar-refractivity contribution in [2.24, 2.45) is 11.3 Å². The van der Waals surface area contributed by atoms with Gasteiger partial charge in [-0.15, -0.1) is 0 Å². The summed E-state index contributed by atoms with van der Waals surface area (Å²) in [5, 5.41) is 0. The molecule has 0 saturated carbocycles. The van der Waals surface area contributed by atoms with E-state index in [0.717, 1.165) is 12.8 Å². The second kappa shape index (κ2) is 5.17. The highest BCUT2D eigenvalue weighted by atomic mass is 19.4. The van der Waals surface area contributed by atoms with Crippen molar-refractivity contribution in [3.05, 3.63) is 0 Å². The van der Waals surface area contributed by atoms with Crippen LogP contribution in [0.25, 0.3) is 0 Å². The molecule has 1 aliphatic heterocycles. The molecule has 0 spiro atoms. The highest BCUT2D eigenvalue weighted by Crippen LogP contribution is 2.36. The molecule has 0 bridgehead atoms. The van der Waals surface area contributed by atoms with Gasteiger partial charge in [0.2, 0.25) is 0 Å². The molecule has 0 N–H and O–H groups in total. The van der Waals surface area contributed by atoms with E-state index in [0.29, 0.717) is 12.6 Å². The van der Waals surface area contributed by atoms with Crippen LogP contribution in [0.1, 0.15) is 47.0 Å². The Hall–Kier alpha value is -0.250. The minimum Gasteiger partial charge on any atom is -0.300 e. The number of likely N-dealkylation sites (tertiary alicyclic amines) is 1. The molecule has 1 aliphatic rings. The molecule has 17 heavy (non-hydrogen) atoms. The van der Waals surface area contributed by atoms with Crippen molar-refractivity contribution >= 4 is 0 Å². The second-order valence-electron chi connectivity index (χ2n) is 6.35. The van der Waals surface area contributed by atoms with Crippen LogP contribution in [0.3, 0.4) is 0 Å². The van der Waals surface area contributed by atoms with Crippen LogP contribution in [0, 0.1) is 11.3 Å². The van der Waals surface area contributed by atoms with Crippen molar-refractivity contribution in [3.8, 4) is 0 Å². The monoisotopic (exact) mass is 251 g/mol. The van der Waals surface area contributed by atoms with Gasteiger partial charge in [0.15, 0.2) is 0 Å². The first-order valence-electron chi connectivity index (χ1n) is 6.44. The smallest absolute Gasteiger partial charge is 0.300 e. The number of hydrogen-bond acceptors (Lipinski definition) is 1. The van der Waals surface area contributed by atoms with E-state index >= 15 is 0 Å². The van der Waals surface area contributed by atoms with Crippen LogP contribution >= 0.6 is 0 Å². The summed E-state index contributed by atoms with van der Waals surface area (Å²) >= 11 is 0. The Morgan fingerprint density at radius 3 is 2.18 bits per heavy atom. The fourth-order valence-corrected chi connectivity index (χ4v) is 2.62. The Morgan fingerprint density at radius 2 is 1.82 bits per heavy atom. The van der Waals surface area contributed by atoms with Crippen LogP contribution < -0.4 is 0 Å². The molecule has 0 aliphatic carbocycles. The van der Waals surface area contributed by atoms with Gasteiger partial charge in [0.05, 0.1) is 5.92 Å². The van der Waals surface area contributed by atoms with Crippen LogP contribution in [0.2, 0.25) is 0 Å². The standard InChI is InChI=1S/C13H24F3N/c1-5-11(8-12(2,3)4)17-7-6-10(9-17)13(14,15)16/h10-11H,5-9H2,1-4H3. The lowest BCUT2D eigenvalue weighted by molar-refractivity contribution is -0.171. The van der Waals surface area contributed by atoms with Crippen molar-refractivity contribution in [3.63, 3.8) is 0 Å². The van der Waals surface area contributed by atoms with Gasteiger partial charge < -0.3 is 0 Å². The SMILES string of the molecule is CCC(CC(C)(C)C)N1CCC(C(F)(F)F)C1. The Bertz CT molecular complexity index is 242. The van der Waals surface area contributed by atoms with E-state index in [4.69, 9.17) is 0 Å². The molecule has 1 saturated heterocycles. The quantitative estimate of drug-likeness (QED) is 0.730. The second-order valence-corrected chi connectivity index (χ2v) is 6.35. The van der Waals surface area contributed by atoms with E-state index in [1.54, 1.807) is 0 Å². The predicted octanol–water partition coefficient (Wildman–Crippen LogP) is 4.09. The van der Waals surface area contributed by atoms with Gasteiger partial charge in [-0.25, -0.2) is 0 Å². The van der Waals surface area contributed by atoms with E-state index in [1.165, 1.54) is 0 Å². The molecular formula is C13H24F3N. The van der Waals surface area contributed by atoms with Gasteiger partial charge in [0, 0.05) is 12.6 Å². The number of halogens is 3. The molecule has 1 nitrogen and oxygen atoms in total. The average Bonchev–Trinajstić information content (AvgIpc) is 2.60. The minimum absolute atomic E-state index is 0.178. The van der Waals surface area contributed by atoms with Gasteiger partial charge in [-0.3, -0.25) is 4.90 Å². The van der Waals surface area contributed by atoms with Gasteiger partial charge in [-0.1, -0.05) is 27.7 Å². The van der Waals surface area contributed by atoms with Crippen molar-refractivity contribution in [1.29, 1.82) is 0 Å².